The largest absolute Gasteiger partial charge is 0.481 e. The lowest BCUT2D eigenvalue weighted by Crippen LogP contribution is -2.20. The van der Waals surface area contributed by atoms with Crippen molar-refractivity contribution >= 4 is 45.5 Å². The molecule has 8 nitrogen and oxygen atoms in total. The van der Waals surface area contributed by atoms with Crippen molar-refractivity contribution < 1.29 is 18.3 Å². The fraction of sp³-hybridized carbons (Fsp3) is 0.351. The molecule has 0 spiro atoms. The summed E-state index contributed by atoms with van der Waals surface area (Å²) in [5, 5.41) is 8.03. The Bertz CT molecular complexity index is 1990. The smallest absolute Gasteiger partial charge is 0.280 e. The van der Waals surface area contributed by atoms with Gasteiger partial charge in [-0.3, -0.25) is 4.79 Å². The number of benzene rings is 2. The molecular formula is C37H39Cl2F2N5O3. The number of hydrogen-bond donors (Lipinski definition) is 1. The Kier molecular flexibility index (Phi) is 12.2. The molecular weight excluding hydrogens is 671 g/mol. The van der Waals surface area contributed by atoms with Crippen LogP contribution in [0.1, 0.15) is 62.8 Å². The van der Waals surface area contributed by atoms with E-state index in [1.807, 2.05) is 32.0 Å². The lowest BCUT2D eigenvalue weighted by Gasteiger charge is -2.16. The second-order valence-corrected chi connectivity index (χ2v) is 12.1. The molecule has 1 saturated heterocycles. The lowest BCUT2D eigenvalue weighted by molar-refractivity contribution is 0.0968. The maximum atomic E-state index is 13.7. The van der Waals surface area contributed by atoms with Gasteiger partial charge >= 0.3 is 0 Å². The second kappa shape index (κ2) is 16.5. The Balaban J connectivity index is 0.000000522. The highest BCUT2D eigenvalue weighted by atomic mass is 35.5. The normalized spacial score (nSPS) is 13.7. The first-order chi connectivity index (χ1) is 23.8. The minimum atomic E-state index is -2.85. The van der Waals surface area contributed by atoms with E-state index in [1.54, 1.807) is 25.3 Å². The molecule has 1 N–H and O–H groups in total. The third kappa shape index (κ3) is 7.87. The number of anilines is 2. The maximum absolute atomic E-state index is 13.7. The molecule has 258 valence electrons. The molecule has 1 aliphatic carbocycles. The number of methoxy groups -OCH3 is 1. The summed E-state index contributed by atoms with van der Waals surface area (Å²) in [5.41, 5.74) is 4.39. The van der Waals surface area contributed by atoms with Crippen molar-refractivity contribution in [3.63, 3.8) is 0 Å². The van der Waals surface area contributed by atoms with Crippen LogP contribution in [0.3, 0.4) is 0 Å². The fourth-order valence-corrected chi connectivity index (χ4v) is 6.52. The highest BCUT2D eigenvalue weighted by Crippen LogP contribution is 2.43. The van der Waals surface area contributed by atoms with Crippen molar-refractivity contribution in [1.29, 1.82) is 0 Å². The van der Waals surface area contributed by atoms with Gasteiger partial charge in [-0.1, -0.05) is 67.4 Å². The summed E-state index contributed by atoms with van der Waals surface area (Å²) in [6.45, 7) is 6.00. The van der Waals surface area contributed by atoms with E-state index in [2.05, 4.69) is 21.5 Å². The topological polar surface area (TPSA) is 91.2 Å². The lowest BCUT2D eigenvalue weighted by atomic mass is 9.99. The molecule has 0 radical (unpaired) electrons. The second-order valence-electron chi connectivity index (χ2n) is 11.4. The summed E-state index contributed by atoms with van der Waals surface area (Å²) in [4.78, 5) is 21.7. The molecule has 5 aromatic rings. The van der Waals surface area contributed by atoms with Gasteiger partial charge in [-0.2, -0.15) is 5.10 Å². The average molecular weight is 711 g/mol. The van der Waals surface area contributed by atoms with Crippen molar-refractivity contribution in [3.8, 4) is 28.3 Å². The number of aromatic nitrogens is 4. The number of pyridine rings is 2. The predicted octanol–water partition coefficient (Wildman–Crippen LogP) is 9.76. The van der Waals surface area contributed by atoms with Gasteiger partial charge < -0.3 is 14.8 Å². The highest BCUT2D eigenvalue weighted by Gasteiger charge is 2.22. The van der Waals surface area contributed by atoms with E-state index in [1.165, 1.54) is 38.1 Å². The predicted molar refractivity (Wildman–Crippen MR) is 193 cm³/mol. The van der Waals surface area contributed by atoms with E-state index in [4.69, 9.17) is 37.7 Å². The Hall–Kier alpha value is -4.12. The molecule has 2 aromatic carbocycles. The quantitative estimate of drug-likeness (QED) is 0.188. The van der Waals surface area contributed by atoms with Crippen LogP contribution in [0.2, 0.25) is 10.0 Å². The van der Waals surface area contributed by atoms with Gasteiger partial charge in [0.05, 0.1) is 40.1 Å². The molecule has 49 heavy (non-hydrogen) atoms. The van der Waals surface area contributed by atoms with Crippen LogP contribution in [0, 0.1) is 0 Å². The third-order valence-electron chi connectivity index (χ3n) is 8.31. The van der Waals surface area contributed by atoms with Crippen LogP contribution in [0.4, 0.5) is 20.3 Å². The van der Waals surface area contributed by atoms with Crippen molar-refractivity contribution in [1.82, 2.24) is 19.7 Å². The monoisotopic (exact) mass is 709 g/mol. The summed E-state index contributed by atoms with van der Waals surface area (Å²) in [6.07, 6.45) is 5.36. The van der Waals surface area contributed by atoms with E-state index in [-0.39, 0.29) is 21.6 Å². The molecule has 3 aromatic heterocycles. The first kappa shape index (κ1) is 36.2. The van der Waals surface area contributed by atoms with E-state index in [0.29, 0.717) is 33.4 Å². The molecule has 1 aliphatic heterocycles. The minimum absolute atomic E-state index is 0.0471. The number of fused-ring (bicyclic) bond motifs is 2. The molecule has 4 heterocycles. The van der Waals surface area contributed by atoms with Crippen molar-refractivity contribution in [3.05, 3.63) is 91.9 Å². The molecule has 0 saturated carbocycles. The molecule has 2 aliphatic rings. The maximum Gasteiger partial charge on any atom is 0.280 e. The standard InChI is InChI=1S/C30H23Cl2F2N5O2.C5H10O.C2H6/c1-39-30(40)24-16(14-35-39)13-23(27(33)34)37-28(24)36-21-11-5-9-19(26(21)32)18-8-4-10-20(25(18)31)22-12-15-6-3-7-17(15)29(38-22)41-2;1-2-4-6-5-3-1;1-2/h4-5,8-14,27H,3,6-7H2,1-2H3,(H,36,37);1-5H2;1-2H3. The highest BCUT2D eigenvalue weighted by molar-refractivity contribution is 6.39. The fourth-order valence-electron chi connectivity index (χ4n) is 5.92. The van der Waals surface area contributed by atoms with E-state index < -0.39 is 17.7 Å². The van der Waals surface area contributed by atoms with Crippen molar-refractivity contribution in [2.24, 2.45) is 7.05 Å². The number of ether oxygens (including phenoxy) is 2. The van der Waals surface area contributed by atoms with Gasteiger partial charge in [0, 0.05) is 47.9 Å². The number of aryl methyl sites for hydroxylation is 2. The molecule has 0 unspecified atom stereocenters. The SMILES string of the molecule is C1CCOCC1.CC.COc1nc(-c2cccc(-c3cccc(Nc4nc(C(F)F)cc5cnn(C)c(=O)c45)c3Cl)c2Cl)cc2c1CCC2. The van der Waals surface area contributed by atoms with Crippen LogP contribution in [0.25, 0.3) is 33.2 Å². The van der Waals surface area contributed by atoms with Gasteiger partial charge in [0.2, 0.25) is 5.88 Å². The number of nitrogens with zero attached hydrogens (tertiary/aromatic N) is 4. The van der Waals surface area contributed by atoms with Crippen LogP contribution in [0.5, 0.6) is 5.88 Å². The Morgan fingerprint density at radius 2 is 1.61 bits per heavy atom. The minimum Gasteiger partial charge on any atom is -0.481 e. The van der Waals surface area contributed by atoms with E-state index in [0.717, 1.165) is 54.4 Å². The van der Waals surface area contributed by atoms with Crippen molar-refractivity contribution in [2.75, 3.05) is 25.6 Å². The Morgan fingerprint density at radius 3 is 2.27 bits per heavy atom. The third-order valence-corrected chi connectivity index (χ3v) is 9.12. The average Bonchev–Trinajstić information content (AvgIpc) is 3.61. The number of alkyl halides is 2. The Morgan fingerprint density at radius 1 is 0.918 bits per heavy atom. The van der Waals surface area contributed by atoms with Gasteiger partial charge in [0.25, 0.3) is 12.0 Å². The van der Waals surface area contributed by atoms with Crippen LogP contribution in [-0.2, 0) is 24.6 Å². The zero-order valence-corrected chi connectivity index (χ0v) is 29.5. The first-order valence-electron chi connectivity index (χ1n) is 16.4. The molecule has 1 fully saturated rings. The number of halogens is 4. The molecule has 7 rings (SSSR count). The number of nitrogens with one attached hydrogen (secondary N) is 1. The zero-order chi connectivity index (χ0) is 35.1. The molecule has 0 bridgehead atoms. The summed E-state index contributed by atoms with van der Waals surface area (Å²) in [7, 11) is 3.09. The van der Waals surface area contributed by atoms with Gasteiger partial charge in [-0.05, 0) is 62.3 Å². The van der Waals surface area contributed by atoms with Crippen LogP contribution < -0.4 is 15.6 Å². The van der Waals surface area contributed by atoms with Crippen molar-refractivity contribution in [2.45, 2.75) is 58.8 Å². The molecule has 0 atom stereocenters. The Labute approximate surface area is 294 Å². The van der Waals surface area contributed by atoms with Gasteiger partial charge in [-0.15, -0.1) is 0 Å². The van der Waals surface area contributed by atoms with Gasteiger partial charge in [0.1, 0.15) is 11.5 Å². The van der Waals surface area contributed by atoms with Gasteiger partial charge in [0.15, 0.2) is 0 Å². The van der Waals surface area contributed by atoms with Gasteiger partial charge in [-0.25, -0.2) is 23.4 Å². The molecule has 0 amide bonds. The number of rotatable bonds is 6. The van der Waals surface area contributed by atoms with Crippen LogP contribution >= 0.6 is 23.2 Å². The first-order valence-corrected chi connectivity index (χ1v) is 17.2. The summed E-state index contributed by atoms with van der Waals surface area (Å²) in [5.74, 6) is 0.557. The van der Waals surface area contributed by atoms with Crippen LogP contribution in [0.15, 0.2) is 59.5 Å². The summed E-state index contributed by atoms with van der Waals surface area (Å²) >= 11 is 13.9. The van der Waals surface area contributed by atoms with Crippen LogP contribution in [-0.4, -0.2) is 40.1 Å². The summed E-state index contributed by atoms with van der Waals surface area (Å²) in [6, 6.07) is 14.0. The summed E-state index contributed by atoms with van der Waals surface area (Å²) < 4.78 is 39.1. The zero-order valence-electron chi connectivity index (χ0n) is 28.0. The van der Waals surface area contributed by atoms with E-state index in [9.17, 15) is 13.6 Å². The number of hydrogen-bond acceptors (Lipinski definition) is 7. The van der Waals surface area contributed by atoms with E-state index >= 15 is 0 Å². The molecule has 12 heteroatoms.